The van der Waals surface area contributed by atoms with Crippen molar-refractivity contribution in [3.63, 3.8) is 0 Å². The number of carbonyl (C=O) groups excluding carboxylic acids is 1. The van der Waals surface area contributed by atoms with Crippen LogP contribution < -0.4 is 16.0 Å². The average Bonchev–Trinajstić information content (AvgIpc) is 2.70. The van der Waals surface area contributed by atoms with Crippen molar-refractivity contribution in [2.45, 2.75) is 12.8 Å². The van der Waals surface area contributed by atoms with Crippen LogP contribution in [0.3, 0.4) is 0 Å². The molecule has 0 spiro atoms. The molecule has 29 heavy (non-hydrogen) atoms. The zero-order valence-corrected chi connectivity index (χ0v) is 16.3. The van der Waals surface area contributed by atoms with Gasteiger partial charge in [0.15, 0.2) is 0 Å². The van der Waals surface area contributed by atoms with Gasteiger partial charge in [0.1, 0.15) is 18.0 Å². The Labute approximate surface area is 172 Å². The summed E-state index contributed by atoms with van der Waals surface area (Å²) in [6.07, 6.45) is 4.54. The first kappa shape index (κ1) is 19.3. The fourth-order valence-electron chi connectivity index (χ4n) is 3.22. The van der Waals surface area contributed by atoms with E-state index in [9.17, 15) is 9.18 Å². The summed E-state index contributed by atoms with van der Waals surface area (Å²) in [7, 11) is 0. The Morgan fingerprint density at radius 1 is 1.17 bits per heavy atom. The predicted molar refractivity (Wildman–Crippen MR) is 113 cm³/mol. The fourth-order valence-corrected chi connectivity index (χ4v) is 3.41. The summed E-state index contributed by atoms with van der Waals surface area (Å²) in [6.45, 7) is 1.69. The highest BCUT2D eigenvalue weighted by Crippen LogP contribution is 2.28. The van der Waals surface area contributed by atoms with E-state index in [4.69, 9.17) is 11.6 Å². The number of benzene rings is 2. The molecule has 1 aromatic heterocycles. The summed E-state index contributed by atoms with van der Waals surface area (Å²) in [5.41, 5.74) is 2.30. The van der Waals surface area contributed by atoms with Gasteiger partial charge in [-0.1, -0.05) is 23.2 Å². The summed E-state index contributed by atoms with van der Waals surface area (Å²) in [5.74, 6) is -0.409. The van der Waals surface area contributed by atoms with E-state index in [2.05, 4.69) is 25.9 Å². The van der Waals surface area contributed by atoms with E-state index in [-0.39, 0.29) is 11.6 Å². The summed E-state index contributed by atoms with van der Waals surface area (Å²) in [6, 6.07) is 10.0. The number of amides is 1. The van der Waals surface area contributed by atoms with Gasteiger partial charge in [-0.05, 0) is 50.2 Å². The molecule has 1 fully saturated rings. The van der Waals surface area contributed by atoms with E-state index >= 15 is 0 Å². The Hall–Kier alpha value is -3.03. The third kappa shape index (κ3) is 4.70. The van der Waals surface area contributed by atoms with Crippen LogP contribution in [0.15, 0.2) is 54.4 Å². The van der Waals surface area contributed by atoms with E-state index in [0.717, 1.165) is 37.2 Å². The molecule has 148 valence electrons. The number of rotatable bonds is 4. The second kappa shape index (κ2) is 8.55. The SMILES string of the molecule is O=C(C=C1CCNCC1)Nc1cc2c(Nc3cccc(Cl)c3)ncnc2cc1F. The maximum Gasteiger partial charge on any atom is 0.248 e. The molecule has 0 bridgehead atoms. The Bertz CT molecular complexity index is 1090. The Morgan fingerprint density at radius 3 is 2.79 bits per heavy atom. The number of fused-ring (bicyclic) bond motifs is 1. The third-order valence-corrected chi connectivity index (χ3v) is 4.89. The molecule has 4 rings (SSSR count). The summed E-state index contributed by atoms with van der Waals surface area (Å²) < 4.78 is 14.5. The van der Waals surface area contributed by atoms with Crippen molar-refractivity contribution in [1.29, 1.82) is 0 Å². The lowest BCUT2D eigenvalue weighted by Gasteiger charge is -2.15. The van der Waals surface area contributed by atoms with Gasteiger partial charge in [0.05, 0.1) is 11.2 Å². The van der Waals surface area contributed by atoms with Crippen LogP contribution in [0.5, 0.6) is 0 Å². The van der Waals surface area contributed by atoms with Crippen molar-refractivity contribution in [2.24, 2.45) is 0 Å². The number of hydrogen-bond acceptors (Lipinski definition) is 5. The van der Waals surface area contributed by atoms with E-state index in [1.807, 2.05) is 12.1 Å². The fraction of sp³-hybridized carbons (Fsp3) is 0.190. The van der Waals surface area contributed by atoms with E-state index in [1.54, 1.807) is 18.2 Å². The smallest absolute Gasteiger partial charge is 0.248 e. The lowest BCUT2D eigenvalue weighted by molar-refractivity contribution is -0.112. The highest BCUT2D eigenvalue weighted by molar-refractivity contribution is 6.30. The molecule has 0 radical (unpaired) electrons. The average molecular weight is 412 g/mol. The highest BCUT2D eigenvalue weighted by atomic mass is 35.5. The van der Waals surface area contributed by atoms with Crippen LogP contribution in [0, 0.1) is 5.82 Å². The van der Waals surface area contributed by atoms with Crippen LogP contribution in [0.2, 0.25) is 5.02 Å². The molecule has 0 saturated carbocycles. The Kier molecular flexibility index (Phi) is 5.69. The molecule has 6 nitrogen and oxygen atoms in total. The molecule has 2 aromatic carbocycles. The number of nitrogens with one attached hydrogen (secondary N) is 3. The molecule has 1 aliphatic heterocycles. The predicted octanol–water partition coefficient (Wildman–Crippen LogP) is 4.41. The van der Waals surface area contributed by atoms with Crippen LogP contribution in [-0.4, -0.2) is 29.0 Å². The van der Waals surface area contributed by atoms with Crippen LogP contribution in [0.1, 0.15) is 12.8 Å². The maximum absolute atomic E-state index is 14.5. The molecule has 1 amide bonds. The quantitative estimate of drug-likeness (QED) is 0.554. The van der Waals surface area contributed by atoms with Crippen molar-refractivity contribution >= 4 is 45.6 Å². The van der Waals surface area contributed by atoms with Gasteiger partial charge < -0.3 is 16.0 Å². The first-order valence-corrected chi connectivity index (χ1v) is 9.64. The molecule has 3 N–H and O–H groups in total. The number of hydrogen-bond donors (Lipinski definition) is 3. The van der Waals surface area contributed by atoms with Gasteiger partial charge in [-0.15, -0.1) is 0 Å². The van der Waals surface area contributed by atoms with Crippen molar-refractivity contribution in [3.8, 4) is 0 Å². The van der Waals surface area contributed by atoms with Crippen molar-refractivity contribution in [1.82, 2.24) is 15.3 Å². The van der Waals surface area contributed by atoms with Gasteiger partial charge >= 0.3 is 0 Å². The molecular weight excluding hydrogens is 393 g/mol. The number of piperidine rings is 1. The molecule has 1 aliphatic rings. The molecule has 0 unspecified atom stereocenters. The number of anilines is 3. The van der Waals surface area contributed by atoms with Gasteiger partial charge in [0.25, 0.3) is 0 Å². The minimum atomic E-state index is -0.554. The zero-order valence-electron chi connectivity index (χ0n) is 15.5. The molecule has 0 aliphatic carbocycles. The summed E-state index contributed by atoms with van der Waals surface area (Å²) in [5, 5.41) is 10.2. The molecule has 2 heterocycles. The second-order valence-electron chi connectivity index (χ2n) is 6.75. The molecule has 1 saturated heterocycles. The van der Waals surface area contributed by atoms with Gasteiger partial charge in [-0.25, -0.2) is 14.4 Å². The second-order valence-corrected chi connectivity index (χ2v) is 7.19. The maximum atomic E-state index is 14.5. The number of aromatic nitrogens is 2. The summed E-state index contributed by atoms with van der Waals surface area (Å²) >= 11 is 6.03. The van der Waals surface area contributed by atoms with Crippen LogP contribution in [0.25, 0.3) is 10.9 Å². The Balaban J connectivity index is 1.63. The van der Waals surface area contributed by atoms with E-state index < -0.39 is 5.82 Å². The van der Waals surface area contributed by atoms with Crippen LogP contribution >= 0.6 is 11.6 Å². The third-order valence-electron chi connectivity index (χ3n) is 4.65. The Morgan fingerprint density at radius 2 is 2.00 bits per heavy atom. The van der Waals surface area contributed by atoms with Gasteiger partial charge in [0.2, 0.25) is 5.91 Å². The molecule has 0 atom stereocenters. The first-order valence-electron chi connectivity index (χ1n) is 9.26. The van der Waals surface area contributed by atoms with Crippen molar-refractivity contribution in [3.05, 3.63) is 65.2 Å². The molecule has 8 heteroatoms. The van der Waals surface area contributed by atoms with E-state index in [0.29, 0.717) is 21.7 Å². The lowest BCUT2D eigenvalue weighted by atomic mass is 10.1. The van der Waals surface area contributed by atoms with Crippen molar-refractivity contribution in [2.75, 3.05) is 23.7 Å². The highest BCUT2D eigenvalue weighted by Gasteiger charge is 2.13. The van der Waals surface area contributed by atoms with E-state index in [1.165, 1.54) is 18.5 Å². The largest absolute Gasteiger partial charge is 0.340 e. The topological polar surface area (TPSA) is 78.9 Å². The normalized spacial score (nSPS) is 13.9. The monoisotopic (exact) mass is 411 g/mol. The standard InChI is InChI=1S/C21H19ClFN5O/c22-14-2-1-3-15(9-14)27-21-16-10-19(17(23)11-18(16)25-12-26-21)28-20(29)8-13-4-6-24-7-5-13/h1-3,8-12,24H,4-7H2,(H,28,29)(H,25,26,27). The van der Waals surface area contributed by atoms with Gasteiger partial charge in [-0.2, -0.15) is 0 Å². The van der Waals surface area contributed by atoms with Crippen LogP contribution in [-0.2, 0) is 4.79 Å². The lowest BCUT2D eigenvalue weighted by Crippen LogP contribution is -2.24. The van der Waals surface area contributed by atoms with Gasteiger partial charge in [-0.3, -0.25) is 4.79 Å². The number of halogens is 2. The molecule has 3 aromatic rings. The first-order chi connectivity index (χ1) is 14.1. The minimum Gasteiger partial charge on any atom is -0.340 e. The summed E-state index contributed by atoms with van der Waals surface area (Å²) in [4.78, 5) is 20.7. The van der Waals surface area contributed by atoms with Crippen molar-refractivity contribution < 1.29 is 9.18 Å². The molecular formula is C21H19ClFN5O. The zero-order chi connectivity index (χ0) is 20.2. The number of carbonyl (C=O) groups is 1. The van der Waals surface area contributed by atoms with Crippen LogP contribution in [0.4, 0.5) is 21.6 Å². The minimum absolute atomic E-state index is 0.0808. The van der Waals surface area contributed by atoms with Gasteiger partial charge in [0, 0.05) is 28.2 Å². The number of nitrogens with zero attached hydrogens (tertiary/aromatic N) is 2.